The molecule has 2 aromatic rings. The molecule has 0 fully saturated rings. The number of methoxy groups -OCH3 is 1. The first-order chi connectivity index (χ1) is 10.0. The van der Waals surface area contributed by atoms with Gasteiger partial charge in [-0.15, -0.1) is 0 Å². The molecule has 3 nitrogen and oxygen atoms in total. The maximum Gasteiger partial charge on any atom is 0.332 e. The molecule has 0 aromatic heterocycles. The summed E-state index contributed by atoms with van der Waals surface area (Å²) < 4.78 is 18.2. The van der Waals surface area contributed by atoms with Crippen molar-refractivity contribution in [2.45, 2.75) is 13.0 Å². The normalized spacial score (nSPS) is 11.8. The lowest BCUT2D eigenvalue weighted by atomic mass is 10.0. The van der Waals surface area contributed by atoms with Gasteiger partial charge in [0.05, 0.1) is 17.8 Å². The number of hydrogen-bond donors (Lipinski definition) is 1. The second-order valence-electron chi connectivity index (χ2n) is 4.59. The maximum atomic E-state index is 13.4. The summed E-state index contributed by atoms with van der Waals surface area (Å²) in [6, 6.07) is 10.8. The fourth-order valence-electron chi connectivity index (χ4n) is 1.98. The van der Waals surface area contributed by atoms with Gasteiger partial charge in [-0.2, -0.15) is 0 Å². The van der Waals surface area contributed by atoms with E-state index in [-0.39, 0.29) is 5.82 Å². The molecule has 0 aliphatic carbocycles. The quantitative estimate of drug-likeness (QED) is 0.864. The molecule has 0 bridgehead atoms. The van der Waals surface area contributed by atoms with E-state index in [4.69, 9.17) is 16.3 Å². The van der Waals surface area contributed by atoms with Crippen LogP contribution in [0.2, 0.25) is 5.02 Å². The lowest BCUT2D eigenvalue weighted by Gasteiger charge is -2.19. The molecule has 2 aromatic carbocycles. The topological polar surface area (TPSA) is 38.3 Å². The average molecular weight is 308 g/mol. The summed E-state index contributed by atoms with van der Waals surface area (Å²) in [5, 5.41) is 3.52. The van der Waals surface area contributed by atoms with Crippen LogP contribution in [0.15, 0.2) is 42.5 Å². The maximum absolute atomic E-state index is 13.4. The minimum absolute atomic E-state index is 0.319. The highest BCUT2D eigenvalue weighted by atomic mass is 35.5. The number of aryl methyl sites for hydroxylation is 1. The fourth-order valence-corrected chi connectivity index (χ4v) is 2.17. The van der Waals surface area contributed by atoms with Crippen LogP contribution in [0.4, 0.5) is 10.1 Å². The first kappa shape index (κ1) is 15.3. The lowest BCUT2D eigenvalue weighted by Crippen LogP contribution is -2.22. The van der Waals surface area contributed by atoms with Crippen molar-refractivity contribution in [2.75, 3.05) is 12.4 Å². The van der Waals surface area contributed by atoms with E-state index in [1.807, 2.05) is 0 Å². The molecule has 0 spiro atoms. The SMILES string of the molecule is COC(=O)C(Nc1ccccc1Cl)c1ccc(F)c(C)c1. The predicted octanol–water partition coefficient (Wildman–Crippen LogP) is 4.11. The Kier molecular flexibility index (Phi) is 4.81. The Balaban J connectivity index is 2.37. The van der Waals surface area contributed by atoms with E-state index in [2.05, 4.69) is 5.32 Å². The van der Waals surface area contributed by atoms with Crippen molar-refractivity contribution in [3.63, 3.8) is 0 Å². The van der Waals surface area contributed by atoms with Crippen LogP contribution in [0.1, 0.15) is 17.2 Å². The van der Waals surface area contributed by atoms with Crippen LogP contribution in [0, 0.1) is 12.7 Å². The van der Waals surface area contributed by atoms with E-state index in [0.717, 1.165) is 0 Å². The highest BCUT2D eigenvalue weighted by Crippen LogP contribution is 2.27. The number of carbonyl (C=O) groups excluding carboxylic acids is 1. The molecular weight excluding hydrogens is 293 g/mol. The van der Waals surface area contributed by atoms with Crippen molar-refractivity contribution < 1.29 is 13.9 Å². The van der Waals surface area contributed by atoms with Crippen LogP contribution < -0.4 is 5.32 Å². The van der Waals surface area contributed by atoms with E-state index in [0.29, 0.717) is 21.8 Å². The molecule has 1 atom stereocenters. The van der Waals surface area contributed by atoms with Crippen LogP contribution >= 0.6 is 11.6 Å². The molecule has 110 valence electrons. The molecule has 5 heteroatoms. The zero-order valence-electron chi connectivity index (χ0n) is 11.7. The van der Waals surface area contributed by atoms with Crippen LogP contribution in [-0.4, -0.2) is 13.1 Å². The van der Waals surface area contributed by atoms with Gasteiger partial charge in [-0.1, -0.05) is 35.9 Å². The monoisotopic (exact) mass is 307 g/mol. The largest absolute Gasteiger partial charge is 0.467 e. The number of anilines is 1. The van der Waals surface area contributed by atoms with Gasteiger partial charge < -0.3 is 10.1 Å². The number of nitrogens with one attached hydrogen (secondary N) is 1. The first-order valence-electron chi connectivity index (χ1n) is 6.38. The summed E-state index contributed by atoms with van der Waals surface area (Å²) >= 11 is 6.09. The molecule has 0 aliphatic rings. The molecule has 0 saturated heterocycles. The van der Waals surface area contributed by atoms with Gasteiger partial charge in [0.15, 0.2) is 6.04 Å². The minimum atomic E-state index is -0.755. The third kappa shape index (κ3) is 3.52. The first-order valence-corrected chi connectivity index (χ1v) is 6.75. The number of esters is 1. The Bertz CT molecular complexity index is 660. The van der Waals surface area contributed by atoms with Gasteiger partial charge in [-0.3, -0.25) is 0 Å². The summed E-state index contributed by atoms with van der Waals surface area (Å²) in [4.78, 5) is 12.0. The van der Waals surface area contributed by atoms with Crippen molar-refractivity contribution >= 4 is 23.3 Å². The van der Waals surface area contributed by atoms with Crippen molar-refractivity contribution in [3.8, 4) is 0 Å². The Labute approximate surface area is 127 Å². The molecule has 0 aliphatic heterocycles. The Morgan fingerprint density at radius 3 is 2.62 bits per heavy atom. The molecule has 1 N–H and O–H groups in total. The summed E-state index contributed by atoms with van der Waals surface area (Å²) in [6.07, 6.45) is 0. The minimum Gasteiger partial charge on any atom is -0.467 e. The van der Waals surface area contributed by atoms with Gasteiger partial charge in [0.25, 0.3) is 0 Å². The standard InChI is InChI=1S/C16H15ClFNO2/c1-10-9-11(7-8-13(10)18)15(16(20)21-2)19-14-6-4-3-5-12(14)17/h3-9,15,19H,1-2H3. The van der Waals surface area contributed by atoms with Gasteiger partial charge in [-0.25, -0.2) is 9.18 Å². The fraction of sp³-hybridized carbons (Fsp3) is 0.188. The van der Waals surface area contributed by atoms with Crippen LogP contribution in [-0.2, 0) is 9.53 Å². The summed E-state index contributed by atoms with van der Waals surface area (Å²) in [6.45, 7) is 1.64. The third-order valence-electron chi connectivity index (χ3n) is 3.13. The smallest absolute Gasteiger partial charge is 0.332 e. The van der Waals surface area contributed by atoms with Crippen LogP contribution in [0.25, 0.3) is 0 Å². The van der Waals surface area contributed by atoms with Gasteiger partial charge in [-0.05, 0) is 36.2 Å². The average Bonchev–Trinajstić information content (AvgIpc) is 2.48. The molecular formula is C16H15ClFNO2. The molecule has 1 unspecified atom stereocenters. The molecule has 21 heavy (non-hydrogen) atoms. The second kappa shape index (κ2) is 6.59. The lowest BCUT2D eigenvalue weighted by molar-refractivity contribution is -0.141. The van der Waals surface area contributed by atoms with Gasteiger partial charge in [0.2, 0.25) is 0 Å². The number of hydrogen-bond acceptors (Lipinski definition) is 3. The highest BCUT2D eigenvalue weighted by molar-refractivity contribution is 6.33. The third-order valence-corrected chi connectivity index (χ3v) is 3.46. The number of halogens is 2. The molecule has 0 saturated carbocycles. The Hall–Kier alpha value is -2.07. The second-order valence-corrected chi connectivity index (χ2v) is 5.00. The Morgan fingerprint density at radius 2 is 2.00 bits per heavy atom. The number of ether oxygens (including phenoxy) is 1. The van der Waals surface area contributed by atoms with Crippen molar-refractivity contribution in [3.05, 3.63) is 64.4 Å². The van der Waals surface area contributed by atoms with Gasteiger partial charge in [0, 0.05) is 0 Å². The van der Waals surface area contributed by atoms with E-state index < -0.39 is 12.0 Å². The van der Waals surface area contributed by atoms with Gasteiger partial charge in [0.1, 0.15) is 5.82 Å². The van der Waals surface area contributed by atoms with E-state index in [1.165, 1.54) is 13.2 Å². The number of para-hydroxylation sites is 1. The van der Waals surface area contributed by atoms with Crippen molar-refractivity contribution in [2.24, 2.45) is 0 Å². The summed E-state index contributed by atoms with van der Waals surface area (Å²) in [7, 11) is 1.31. The number of benzene rings is 2. The highest BCUT2D eigenvalue weighted by Gasteiger charge is 2.22. The van der Waals surface area contributed by atoms with Crippen LogP contribution in [0.5, 0.6) is 0 Å². The zero-order chi connectivity index (χ0) is 15.4. The van der Waals surface area contributed by atoms with Crippen molar-refractivity contribution in [1.82, 2.24) is 0 Å². The number of rotatable bonds is 4. The predicted molar refractivity (Wildman–Crippen MR) is 81.0 cm³/mol. The van der Waals surface area contributed by atoms with Crippen LogP contribution in [0.3, 0.4) is 0 Å². The Morgan fingerprint density at radius 1 is 1.29 bits per heavy atom. The van der Waals surface area contributed by atoms with Gasteiger partial charge >= 0.3 is 5.97 Å². The molecule has 0 radical (unpaired) electrons. The molecule has 2 rings (SSSR count). The molecule has 0 amide bonds. The summed E-state index contributed by atoms with van der Waals surface area (Å²) in [5.74, 6) is -0.791. The molecule has 0 heterocycles. The number of carbonyl (C=O) groups is 1. The van der Waals surface area contributed by atoms with E-state index in [1.54, 1.807) is 43.3 Å². The summed E-state index contributed by atoms with van der Waals surface area (Å²) in [5.41, 5.74) is 1.68. The van der Waals surface area contributed by atoms with Crippen molar-refractivity contribution in [1.29, 1.82) is 0 Å². The zero-order valence-corrected chi connectivity index (χ0v) is 12.4. The van der Waals surface area contributed by atoms with E-state index in [9.17, 15) is 9.18 Å². The van der Waals surface area contributed by atoms with E-state index >= 15 is 0 Å².